The van der Waals surface area contributed by atoms with E-state index in [1.807, 2.05) is 24.1 Å². The topological polar surface area (TPSA) is 53.1 Å². The third kappa shape index (κ3) is 2.78. The summed E-state index contributed by atoms with van der Waals surface area (Å²) >= 11 is 6.31. The lowest BCUT2D eigenvalue weighted by atomic mass is 10.1. The molecule has 0 radical (unpaired) electrons. The van der Waals surface area contributed by atoms with Crippen LogP contribution in [0.1, 0.15) is 16.7 Å². The predicted molar refractivity (Wildman–Crippen MR) is 86.4 cm³/mol. The highest BCUT2D eigenvalue weighted by atomic mass is 35.5. The fraction of sp³-hybridized carbons (Fsp3) is 0.188. The number of hydrogen-bond acceptors (Lipinski definition) is 2. The molecule has 0 aliphatic rings. The molecule has 0 atom stereocenters. The van der Waals surface area contributed by atoms with Gasteiger partial charge in [-0.2, -0.15) is 0 Å². The molecule has 0 bridgehead atoms. The Kier molecular flexibility index (Phi) is 4.00. The standard InChI is InChI=1S/C16H18ClN3/c1-10-4-6-14(11(2)8-10)20(3)15-7-5-12(16(18)19)9-13(15)17/h4-9H,1-3H3,(H3,18,19). The minimum Gasteiger partial charge on any atom is -0.384 e. The number of amidine groups is 1. The third-order valence-corrected chi connectivity index (χ3v) is 3.64. The molecule has 0 unspecified atom stereocenters. The predicted octanol–water partition coefficient (Wildman–Crippen LogP) is 4.01. The zero-order chi connectivity index (χ0) is 14.9. The fourth-order valence-corrected chi connectivity index (χ4v) is 2.57. The molecule has 0 saturated carbocycles. The second-order valence-electron chi connectivity index (χ2n) is 4.93. The number of nitrogens with two attached hydrogens (primary N) is 1. The zero-order valence-corrected chi connectivity index (χ0v) is 12.6. The Bertz CT molecular complexity index is 665. The Morgan fingerprint density at radius 3 is 2.30 bits per heavy atom. The van der Waals surface area contributed by atoms with Crippen LogP contribution in [-0.2, 0) is 0 Å². The van der Waals surface area contributed by atoms with Gasteiger partial charge in [0.05, 0.1) is 10.7 Å². The number of halogens is 1. The highest BCUT2D eigenvalue weighted by Gasteiger charge is 2.11. The molecule has 2 aromatic carbocycles. The van der Waals surface area contributed by atoms with Gasteiger partial charge in [0.15, 0.2) is 0 Å². The van der Waals surface area contributed by atoms with Gasteiger partial charge in [0.2, 0.25) is 0 Å². The van der Waals surface area contributed by atoms with E-state index in [9.17, 15) is 0 Å². The molecule has 0 fully saturated rings. The molecule has 3 nitrogen and oxygen atoms in total. The summed E-state index contributed by atoms with van der Waals surface area (Å²) in [5.41, 5.74) is 10.5. The number of benzene rings is 2. The molecule has 20 heavy (non-hydrogen) atoms. The lowest BCUT2D eigenvalue weighted by Crippen LogP contribution is -2.14. The van der Waals surface area contributed by atoms with Crippen LogP contribution < -0.4 is 10.6 Å². The van der Waals surface area contributed by atoms with Crippen LogP contribution >= 0.6 is 11.6 Å². The molecule has 2 aromatic rings. The van der Waals surface area contributed by atoms with Crippen molar-refractivity contribution >= 4 is 28.8 Å². The average Bonchev–Trinajstić information content (AvgIpc) is 2.37. The molecule has 104 valence electrons. The molecule has 0 heterocycles. The first-order chi connectivity index (χ1) is 9.40. The van der Waals surface area contributed by atoms with Crippen LogP contribution in [-0.4, -0.2) is 12.9 Å². The van der Waals surface area contributed by atoms with Crippen LogP contribution in [0.25, 0.3) is 0 Å². The van der Waals surface area contributed by atoms with Gasteiger partial charge in [-0.05, 0) is 43.7 Å². The molecular formula is C16H18ClN3. The molecule has 2 rings (SSSR count). The van der Waals surface area contributed by atoms with Crippen molar-refractivity contribution in [1.29, 1.82) is 5.41 Å². The highest BCUT2D eigenvalue weighted by molar-refractivity contribution is 6.33. The van der Waals surface area contributed by atoms with Gasteiger partial charge < -0.3 is 10.6 Å². The average molecular weight is 288 g/mol. The molecular weight excluding hydrogens is 270 g/mol. The Labute approximate surface area is 124 Å². The van der Waals surface area contributed by atoms with E-state index in [4.69, 9.17) is 22.7 Å². The summed E-state index contributed by atoms with van der Waals surface area (Å²) in [6.07, 6.45) is 0. The van der Waals surface area contributed by atoms with Gasteiger partial charge in [0.25, 0.3) is 0 Å². The lowest BCUT2D eigenvalue weighted by molar-refractivity contribution is 1.18. The maximum Gasteiger partial charge on any atom is 0.122 e. The van der Waals surface area contributed by atoms with E-state index < -0.39 is 0 Å². The van der Waals surface area contributed by atoms with Crippen molar-refractivity contribution < 1.29 is 0 Å². The highest BCUT2D eigenvalue weighted by Crippen LogP contribution is 2.33. The molecule has 0 spiro atoms. The van der Waals surface area contributed by atoms with E-state index >= 15 is 0 Å². The van der Waals surface area contributed by atoms with Crippen LogP contribution in [0.4, 0.5) is 11.4 Å². The van der Waals surface area contributed by atoms with Crippen LogP contribution in [0.2, 0.25) is 5.02 Å². The molecule has 0 saturated heterocycles. The van der Waals surface area contributed by atoms with Gasteiger partial charge in [-0.3, -0.25) is 5.41 Å². The van der Waals surface area contributed by atoms with Gasteiger partial charge in [-0.15, -0.1) is 0 Å². The van der Waals surface area contributed by atoms with E-state index in [2.05, 4.69) is 32.0 Å². The van der Waals surface area contributed by atoms with Gasteiger partial charge in [0.1, 0.15) is 5.84 Å². The monoisotopic (exact) mass is 287 g/mol. The van der Waals surface area contributed by atoms with Crippen molar-refractivity contribution in [3.8, 4) is 0 Å². The minimum atomic E-state index is 0.0209. The Morgan fingerprint density at radius 1 is 1.10 bits per heavy atom. The summed E-state index contributed by atoms with van der Waals surface area (Å²) in [7, 11) is 1.98. The lowest BCUT2D eigenvalue weighted by Gasteiger charge is -2.23. The molecule has 0 aliphatic heterocycles. The van der Waals surface area contributed by atoms with Gasteiger partial charge in [0, 0.05) is 18.3 Å². The zero-order valence-electron chi connectivity index (χ0n) is 11.9. The Balaban J connectivity index is 2.43. The molecule has 4 heteroatoms. The maximum absolute atomic E-state index is 7.44. The van der Waals surface area contributed by atoms with E-state index in [-0.39, 0.29) is 5.84 Å². The molecule has 0 aliphatic carbocycles. The maximum atomic E-state index is 7.44. The largest absolute Gasteiger partial charge is 0.384 e. The van der Waals surface area contributed by atoms with Crippen LogP contribution in [0.5, 0.6) is 0 Å². The number of nitrogens with zero attached hydrogens (tertiary/aromatic N) is 1. The summed E-state index contributed by atoms with van der Waals surface area (Å²) < 4.78 is 0. The number of hydrogen-bond donors (Lipinski definition) is 2. The Hall–Kier alpha value is -2.00. The van der Waals surface area contributed by atoms with Crippen LogP contribution in [0.15, 0.2) is 36.4 Å². The van der Waals surface area contributed by atoms with Crippen molar-refractivity contribution in [2.45, 2.75) is 13.8 Å². The van der Waals surface area contributed by atoms with Gasteiger partial charge >= 0.3 is 0 Å². The number of nitrogen functional groups attached to an aromatic ring is 1. The van der Waals surface area contributed by atoms with Crippen LogP contribution in [0, 0.1) is 19.3 Å². The first kappa shape index (κ1) is 14.4. The summed E-state index contributed by atoms with van der Waals surface area (Å²) in [6, 6.07) is 11.7. The van der Waals surface area contributed by atoms with Gasteiger partial charge in [-0.1, -0.05) is 29.3 Å². The van der Waals surface area contributed by atoms with Crippen molar-refractivity contribution in [2.75, 3.05) is 11.9 Å². The van der Waals surface area contributed by atoms with Crippen molar-refractivity contribution in [1.82, 2.24) is 0 Å². The summed E-state index contributed by atoms with van der Waals surface area (Å²) in [5.74, 6) is 0.0209. The van der Waals surface area contributed by atoms with E-state index in [0.717, 1.165) is 11.4 Å². The number of rotatable bonds is 3. The normalized spacial score (nSPS) is 10.4. The van der Waals surface area contributed by atoms with Crippen molar-refractivity contribution in [3.05, 3.63) is 58.1 Å². The summed E-state index contributed by atoms with van der Waals surface area (Å²) in [5, 5.41) is 8.02. The molecule has 3 N–H and O–H groups in total. The third-order valence-electron chi connectivity index (χ3n) is 3.33. The van der Waals surface area contributed by atoms with E-state index in [0.29, 0.717) is 10.6 Å². The second-order valence-corrected chi connectivity index (χ2v) is 5.34. The summed E-state index contributed by atoms with van der Waals surface area (Å²) in [6.45, 7) is 4.15. The van der Waals surface area contributed by atoms with E-state index in [1.54, 1.807) is 6.07 Å². The molecule has 0 aromatic heterocycles. The van der Waals surface area contributed by atoms with Crippen molar-refractivity contribution in [2.24, 2.45) is 5.73 Å². The number of aryl methyl sites for hydroxylation is 2. The smallest absolute Gasteiger partial charge is 0.122 e. The first-order valence-electron chi connectivity index (χ1n) is 6.35. The Morgan fingerprint density at radius 2 is 1.75 bits per heavy atom. The van der Waals surface area contributed by atoms with Crippen molar-refractivity contribution in [3.63, 3.8) is 0 Å². The second kappa shape index (κ2) is 5.55. The van der Waals surface area contributed by atoms with Gasteiger partial charge in [-0.25, -0.2) is 0 Å². The van der Waals surface area contributed by atoms with Crippen LogP contribution in [0.3, 0.4) is 0 Å². The minimum absolute atomic E-state index is 0.0209. The van der Waals surface area contributed by atoms with E-state index in [1.165, 1.54) is 11.1 Å². The summed E-state index contributed by atoms with van der Waals surface area (Å²) in [4.78, 5) is 2.04. The molecule has 0 amide bonds. The fourth-order valence-electron chi connectivity index (χ4n) is 2.26. The quantitative estimate of drug-likeness (QED) is 0.662. The SMILES string of the molecule is Cc1ccc(N(C)c2ccc(C(=N)N)cc2Cl)c(C)c1. The first-order valence-corrected chi connectivity index (χ1v) is 6.73. The number of nitrogens with one attached hydrogen (secondary N) is 1. The number of anilines is 2.